The molecule has 2 atom stereocenters. The van der Waals surface area contributed by atoms with Gasteiger partial charge in [0.15, 0.2) is 0 Å². The standard InChI is InChI=1S/C27H34FN3O3S/c1-20(31-16-5-9-26(35(31,33)34)21-7-3-2-4-8-21)24-12-11-23(19-25(24)28)29-17-13-22(14-18-29)30-15-6-10-27(30)32/h2-4,7-8,11-12,19-20,22,26H,5-6,9-10,13-18H2,1H3. The quantitative estimate of drug-likeness (QED) is 0.601. The fraction of sp³-hybridized carbons (Fsp3) is 0.519. The van der Waals surface area contributed by atoms with Crippen LogP contribution >= 0.6 is 0 Å². The van der Waals surface area contributed by atoms with Gasteiger partial charge in [-0.1, -0.05) is 36.4 Å². The first-order chi connectivity index (χ1) is 16.9. The predicted molar refractivity (Wildman–Crippen MR) is 135 cm³/mol. The Bertz CT molecular complexity index is 1170. The number of carbonyl (C=O) groups is 1. The zero-order valence-corrected chi connectivity index (χ0v) is 21.1. The normalized spacial score (nSPS) is 24.6. The van der Waals surface area contributed by atoms with Crippen molar-refractivity contribution in [2.75, 3.05) is 31.1 Å². The molecule has 0 radical (unpaired) electrons. The minimum Gasteiger partial charge on any atom is -0.371 e. The fourth-order valence-electron chi connectivity index (χ4n) is 5.99. The summed E-state index contributed by atoms with van der Waals surface area (Å²) in [6.45, 7) is 4.59. The van der Waals surface area contributed by atoms with Gasteiger partial charge in [0.05, 0.1) is 0 Å². The maximum atomic E-state index is 15.4. The summed E-state index contributed by atoms with van der Waals surface area (Å²) in [6, 6.07) is 14.2. The highest BCUT2D eigenvalue weighted by Crippen LogP contribution is 2.39. The van der Waals surface area contributed by atoms with E-state index in [1.165, 1.54) is 4.31 Å². The van der Waals surface area contributed by atoms with Crippen molar-refractivity contribution in [2.24, 2.45) is 0 Å². The molecule has 3 aliphatic heterocycles. The second-order valence-corrected chi connectivity index (χ2v) is 12.1. The summed E-state index contributed by atoms with van der Waals surface area (Å²) in [6.07, 6.45) is 4.71. The molecule has 0 bridgehead atoms. The number of piperidine rings is 1. The molecule has 35 heavy (non-hydrogen) atoms. The molecule has 3 saturated heterocycles. The molecular weight excluding hydrogens is 465 g/mol. The molecular formula is C27H34FN3O3S. The van der Waals surface area contributed by atoms with Gasteiger partial charge in [0, 0.05) is 55.9 Å². The number of amides is 1. The average Bonchev–Trinajstić information content (AvgIpc) is 3.29. The van der Waals surface area contributed by atoms with Crippen molar-refractivity contribution in [1.29, 1.82) is 0 Å². The van der Waals surface area contributed by atoms with Crippen molar-refractivity contribution in [3.05, 3.63) is 65.5 Å². The molecule has 0 saturated carbocycles. The van der Waals surface area contributed by atoms with E-state index in [1.54, 1.807) is 19.1 Å². The van der Waals surface area contributed by atoms with Crippen molar-refractivity contribution >= 4 is 21.6 Å². The molecule has 0 N–H and O–H groups in total. The van der Waals surface area contributed by atoms with Gasteiger partial charge in [0.25, 0.3) is 0 Å². The van der Waals surface area contributed by atoms with Crippen LogP contribution in [0.1, 0.15) is 67.9 Å². The van der Waals surface area contributed by atoms with Gasteiger partial charge < -0.3 is 9.80 Å². The lowest BCUT2D eigenvalue weighted by atomic mass is 10.0. The number of rotatable bonds is 5. The fourth-order valence-corrected chi connectivity index (χ4v) is 8.22. The zero-order chi connectivity index (χ0) is 24.6. The van der Waals surface area contributed by atoms with Crippen LogP contribution < -0.4 is 4.90 Å². The van der Waals surface area contributed by atoms with E-state index in [-0.39, 0.29) is 17.8 Å². The number of nitrogens with zero attached hydrogens (tertiary/aromatic N) is 3. The topological polar surface area (TPSA) is 60.9 Å². The minimum absolute atomic E-state index is 0.259. The Morgan fingerprint density at radius 2 is 1.69 bits per heavy atom. The highest BCUT2D eigenvalue weighted by molar-refractivity contribution is 7.89. The Balaban J connectivity index is 1.29. The minimum atomic E-state index is -3.61. The van der Waals surface area contributed by atoms with E-state index < -0.39 is 21.3 Å². The number of carbonyl (C=O) groups excluding carboxylic acids is 1. The van der Waals surface area contributed by atoms with Crippen molar-refractivity contribution in [3.8, 4) is 0 Å². The van der Waals surface area contributed by atoms with E-state index in [4.69, 9.17) is 0 Å². The van der Waals surface area contributed by atoms with Crippen LogP contribution in [0.25, 0.3) is 0 Å². The molecule has 3 aliphatic rings. The molecule has 2 aromatic carbocycles. The molecule has 0 spiro atoms. The maximum Gasteiger partial charge on any atom is 0.222 e. The van der Waals surface area contributed by atoms with Crippen molar-refractivity contribution in [1.82, 2.24) is 9.21 Å². The Morgan fingerprint density at radius 1 is 0.943 bits per heavy atom. The summed E-state index contributed by atoms with van der Waals surface area (Å²) >= 11 is 0. The third-order valence-electron chi connectivity index (χ3n) is 7.95. The van der Waals surface area contributed by atoms with Gasteiger partial charge in [-0.2, -0.15) is 4.31 Å². The summed E-state index contributed by atoms with van der Waals surface area (Å²) in [7, 11) is -3.61. The number of anilines is 1. The van der Waals surface area contributed by atoms with Gasteiger partial charge in [-0.25, -0.2) is 12.8 Å². The number of hydrogen-bond acceptors (Lipinski definition) is 4. The van der Waals surface area contributed by atoms with Gasteiger partial charge in [-0.15, -0.1) is 0 Å². The van der Waals surface area contributed by atoms with Gasteiger partial charge in [-0.3, -0.25) is 4.79 Å². The Hall–Kier alpha value is -2.45. The van der Waals surface area contributed by atoms with E-state index in [1.807, 2.05) is 41.3 Å². The number of sulfonamides is 1. The predicted octanol–water partition coefficient (Wildman–Crippen LogP) is 4.64. The van der Waals surface area contributed by atoms with Crippen LogP contribution in [0.2, 0.25) is 0 Å². The molecule has 1 amide bonds. The highest BCUT2D eigenvalue weighted by atomic mass is 32.2. The summed E-state index contributed by atoms with van der Waals surface area (Å²) in [5, 5.41) is -0.592. The smallest absolute Gasteiger partial charge is 0.222 e. The van der Waals surface area contributed by atoms with Crippen molar-refractivity contribution in [3.63, 3.8) is 0 Å². The van der Waals surface area contributed by atoms with E-state index in [0.717, 1.165) is 56.6 Å². The molecule has 0 aliphatic carbocycles. The molecule has 6 nitrogen and oxygen atoms in total. The van der Waals surface area contributed by atoms with Gasteiger partial charge in [0.2, 0.25) is 15.9 Å². The summed E-state index contributed by atoms with van der Waals surface area (Å²) in [4.78, 5) is 16.2. The van der Waals surface area contributed by atoms with Crippen LogP contribution in [0.5, 0.6) is 0 Å². The molecule has 3 heterocycles. The van der Waals surface area contributed by atoms with Gasteiger partial charge in [0.1, 0.15) is 11.1 Å². The lowest BCUT2D eigenvalue weighted by Crippen LogP contribution is -2.45. The summed E-state index contributed by atoms with van der Waals surface area (Å²) in [5.41, 5.74) is 2.01. The maximum absolute atomic E-state index is 15.4. The van der Waals surface area contributed by atoms with Crippen LogP contribution in [0.3, 0.4) is 0 Å². The molecule has 188 valence electrons. The molecule has 0 aromatic heterocycles. The van der Waals surface area contributed by atoms with Crippen LogP contribution in [-0.4, -0.2) is 55.8 Å². The van der Waals surface area contributed by atoms with Crippen molar-refractivity contribution in [2.45, 2.75) is 62.8 Å². The van der Waals surface area contributed by atoms with Crippen LogP contribution in [0.4, 0.5) is 10.1 Å². The average molecular weight is 500 g/mol. The zero-order valence-electron chi connectivity index (χ0n) is 20.3. The lowest BCUT2D eigenvalue weighted by molar-refractivity contribution is -0.130. The molecule has 2 aromatic rings. The third-order valence-corrected chi connectivity index (χ3v) is 10.3. The number of halogens is 1. The number of likely N-dealkylation sites (tertiary alicyclic amines) is 1. The van der Waals surface area contributed by atoms with E-state index >= 15 is 4.39 Å². The summed E-state index contributed by atoms with van der Waals surface area (Å²) in [5.74, 6) is -0.112. The SMILES string of the molecule is CC(c1ccc(N2CCC(N3CCCC3=O)CC2)cc1F)N1CCCC(c2ccccc2)S1(=O)=O. The molecule has 8 heteroatoms. The van der Waals surface area contributed by atoms with Crippen molar-refractivity contribution < 1.29 is 17.6 Å². The number of hydrogen-bond donors (Lipinski definition) is 0. The van der Waals surface area contributed by atoms with Crippen LogP contribution in [0, 0.1) is 5.82 Å². The summed E-state index contributed by atoms with van der Waals surface area (Å²) < 4.78 is 43.8. The first-order valence-corrected chi connectivity index (χ1v) is 14.3. The second-order valence-electron chi connectivity index (χ2n) is 9.99. The Labute approximate surface area is 207 Å². The second kappa shape index (κ2) is 9.90. The third kappa shape index (κ3) is 4.70. The molecule has 2 unspecified atom stereocenters. The Kier molecular flexibility index (Phi) is 6.86. The highest BCUT2D eigenvalue weighted by Gasteiger charge is 2.40. The first kappa shape index (κ1) is 24.3. The van der Waals surface area contributed by atoms with Gasteiger partial charge in [-0.05, 0) is 56.7 Å². The largest absolute Gasteiger partial charge is 0.371 e. The Morgan fingerprint density at radius 3 is 2.34 bits per heavy atom. The van der Waals surface area contributed by atoms with E-state index in [9.17, 15) is 13.2 Å². The molecule has 3 fully saturated rings. The monoisotopic (exact) mass is 499 g/mol. The van der Waals surface area contributed by atoms with Crippen LogP contribution in [0.15, 0.2) is 48.5 Å². The van der Waals surface area contributed by atoms with Crippen LogP contribution in [-0.2, 0) is 14.8 Å². The number of benzene rings is 2. The van der Waals surface area contributed by atoms with E-state index in [2.05, 4.69) is 4.90 Å². The molecule has 5 rings (SSSR count). The van der Waals surface area contributed by atoms with Gasteiger partial charge >= 0.3 is 0 Å². The lowest BCUT2D eigenvalue weighted by Gasteiger charge is -2.38. The first-order valence-electron chi connectivity index (χ1n) is 12.8. The van der Waals surface area contributed by atoms with E-state index in [0.29, 0.717) is 24.9 Å².